The fraction of sp³-hybridized carbons (Fsp3) is 0.133. The van der Waals surface area contributed by atoms with E-state index in [9.17, 15) is 9.90 Å². The predicted octanol–water partition coefficient (Wildman–Crippen LogP) is 3.80. The van der Waals surface area contributed by atoms with Crippen LogP contribution < -0.4 is 4.74 Å². The van der Waals surface area contributed by atoms with Crippen molar-refractivity contribution in [3.63, 3.8) is 0 Å². The van der Waals surface area contributed by atoms with Crippen LogP contribution in [-0.4, -0.2) is 21.0 Å². The lowest BCUT2D eigenvalue weighted by Crippen LogP contribution is -2.02. The van der Waals surface area contributed by atoms with Gasteiger partial charge in [0.2, 0.25) is 5.88 Å². The van der Waals surface area contributed by atoms with E-state index in [0.29, 0.717) is 11.6 Å². The fourth-order valence-corrected chi connectivity index (χ4v) is 2.93. The number of hydrogen-bond acceptors (Lipinski definition) is 5. The Bertz CT molecular complexity index is 842. The third kappa shape index (κ3) is 2.45. The van der Waals surface area contributed by atoms with E-state index in [4.69, 9.17) is 4.74 Å². The molecule has 0 fully saturated rings. The second-order valence-electron chi connectivity index (χ2n) is 4.61. The van der Waals surface area contributed by atoms with Crippen molar-refractivity contribution in [3.05, 3.63) is 46.6 Å². The smallest absolute Gasteiger partial charge is 0.339 e. The lowest BCUT2D eigenvalue weighted by atomic mass is 10.1. The molecular formula is C15H12N2O3S. The molecule has 5 nitrogen and oxygen atoms in total. The van der Waals surface area contributed by atoms with Gasteiger partial charge in [0.1, 0.15) is 22.5 Å². The van der Waals surface area contributed by atoms with Gasteiger partial charge in [-0.15, -0.1) is 11.3 Å². The number of fused-ring (bicyclic) bond motifs is 1. The number of carbonyl (C=O) groups is 1. The topological polar surface area (TPSA) is 72.3 Å². The highest BCUT2D eigenvalue weighted by Gasteiger charge is 2.16. The van der Waals surface area contributed by atoms with Gasteiger partial charge in [-0.1, -0.05) is 12.1 Å². The highest BCUT2D eigenvalue weighted by molar-refractivity contribution is 7.18. The van der Waals surface area contributed by atoms with Crippen LogP contribution in [0.15, 0.2) is 30.6 Å². The van der Waals surface area contributed by atoms with Gasteiger partial charge in [0.05, 0.1) is 5.39 Å². The van der Waals surface area contributed by atoms with Gasteiger partial charge in [-0.25, -0.2) is 14.8 Å². The molecule has 0 amide bonds. The summed E-state index contributed by atoms with van der Waals surface area (Å²) in [5.74, 6) is -0.337. The summed E-state index contributed by atoms with van der Waals surface area (Å²) < 4.78 is 5.80. The monoisotopic (exact) mass is 300 g/mol. The first-order chi connectivity index (χ1) is 10.1. The second kappa shape index (κ2) is 5.14. The molecule has 0 saturated carbocycles. The number of aryl methyl sites for hydroxylation is 2. The third-order valence-electron chi connectivity index (χ3n) is 3.06. The van der Waals surface area contributed by atoms with E-state index in [2.05, 4.69) is 9.97 Å². The fourth-order valence-electron chi connectivity index (χ4n) is 2.09. The number of hydrogen-bond donors (Lipinski definition) is 1. The Labute approximate surface area is 124 Å². The molecule has 3 rings (SSSR count). The lowest BCUT2D eigenvalue weighted by Gasteiger charge is -2.11. The summed E-state index contributed by atoms with van der Waals surface area (Å²) in [5.41, 5.74) is 0.863. The summed E-state index contributed by atoms with van der Waals surface area (Å²) >= 11 is 1.54. The number of benzene rings is 1. The first kappa shape index (κ1) is 13.5. The third-order valence-corrected chi connectivity index (χ3v) is 4.02. The molecule has 0 atom stereocenters. The summed E-state index contributed by atoms with van der Waals surface area (Å²) in [6.07, 6.45) is 1.42. The minimum atomic E-state index is -1.03. The van der Waals surface area contributed by atoms with Crippen LogP contribution in [0.5, 0.6) is 11.6 Å². The molecule has 0 spiro atoms. The Hall–Kier alpha value is -2.47. The summed E-state index contributed by atoms with van der Waals surface area (Å²) in [6.45, 7) is 3.78. The predicted molar refractivity (Wildman–Crippen MR) is 80.4 cm³/mol. The lowest BCUT2D eigenvalue weighted by molar-refractivity contribution is 0.0694. The van der Waals surface area contributed by atoms with Crippen molar-refractivity contribution in [2.24, 2.45) is 0 Å². The van der Waals surface area contributed by atoms with Crippen molar-refractivity contribution in [1.82, 2.24) is 9.97 Å². The van der Waals surface area contributed by atoms with E-state index in [1.54, 1.807) is 30.4 Å². The van der Waals surface area contributed by atoms with E-state index in [1.807, 2.05) is 13.0 Å². The number of rotatable bonds is 3. The molecular weight excluding hydrogens is 288 g/mol. The number of aromatic nitrogens is 2. The largest absolute Gasteiger partial charge is 0.478 e. The number of carboxylic acids is 1. The van der Waals surface area contributed by atoms with Crippen LogP contribution >= 0.6 is 11.3 Å². The molecule has 0 aliphatic carbocycles. The second-order valence-corrected chi connectivity index (χ2v) is 5.85. The molecule has 0 saturated heterocycles. The molecule has 2 heterocycles. The Kier molecular flexibility index (Phi) is 3.31. The van der Waals surface area contributed by atoms with Gasteiger partial charge in [-0.05, 0) is 31.5 Å². The molecule has 21 heavy (non-hydrogen) atoms. The van der Waals surface area contributed by atoms with Crippen LogP contribution in [0.25, 0.3) is 10.2 Å². The molecule has 1 aromatic carbocycles. The average Bonchev–Trinajstić information content (AvgIpc) is 2.82. The van der Waals surface area contributed by atoms with Gasteiger partial charge < -0.3 is 9.84 Å². The minimum Gasteiger partial charge on any atom is -0.478 e. The molecule has 0 bridgehead atoms. The molecule has 0 radical (unpaired) electrons. The van der Waals surface area contributed by atoms with Crippen molar-refractivity contribution < 1.29 is 14.6 Å². The van der Waals surface area contributed by atoms with Gasteiger partial charge >= 0.3 is 5.97 Å². The first-order valence-electron chi connectivity index (χ1n) is 6.28. The van der Waals surface area contributed by atoms with Crippen LogP contribution in [0.3, 0.4) is 0 Å². The van der Waals surface area contributed by atoms with Crippen LogP contribution in [0.4, 0.5) is 0 Å². The van der Waals surface area contributed by atoms with Crippen LogP contribution in [0, 0.1) is 13.8 Å². The molecule has 2 aromatic heterocycles. The van der Waals surface area contributed by atoms with Gasteiger partial charge in [0.15, 0.2) is 0 Å². The Morgan fingerprint density at radius 3 is 2.86 bits per heavy atom. The van der Waals surface area contributed by atoms with Crippen molar-refractivity contribution in [2.75, 3.05) is 0 Å². The zero-order valence-electron chi connectivity index (χ0n) is 11.5. The standard InChI is InChI=1S/C15H12N2O3S/c1-8-4-3-5-10(15(18)19)12(8)20-13-11-6-9(2)21-14(11)17-7-16-13/h3-7H,1-2H3,(H,18,19). The number of aromatic carboxylic acids is 1. The minimum absolute atomic E-state index is 0.119. The van der Waals surface area contributed by atoms with Crippen molar-refractivity contribution >= 4 is 27.5 Å². The van der Waals surface area contributed by atoms with Gasteiger partial charge in [0.25, 0.3) is 0 Å². The van der Waals surface area contributed by atoms with E-state index >= 15 is 0 Å². The average molecular weight is 300 g/mol. The summed E-state index contributed by atoms with van der Waals surface area (Å²) in [7, 11) is 0. The zero-order valence-corrected chi connectivity index (χ0v) is 12.3. The number of carboxylic acid groups (broad SMARTS) is 1. The maximum Gasteiger partial charge on any atom is 0.339 e. The van der Waals surface area contributed by atoms with Crippen LogP contribution in [0.1, 0.15) is 20.8 Å². The number of nitrogens with zero attached hydrogens (tertiary/aromatic N) is 2. The number of ether oxygens (including phenoxy) is 1. The van der Waals surface area contributed by atoms with Crippen molar-refractivity contribution in [2.45, 2.75) is 13.8 Å². The van der Waals surface area contributed by atoms with Crippen LogP contribution in [0.2, 0.25) is 0 Å². The van der Waals surface area contributed by atoms with E-state index in [-0.39, 0.29) is 5.56 Å². The summed E-state index contributed by atoms with van der Waals surface area (Å²) in [5, 5.41) is 10.1. The Balaban J connectivity index is 2.13. The quantitative estimate of drug-likeness (QED) is 0.796. The van der Waals surface area contributed by atoms with E-state index < -0.39 is 5.97 Å². The molecule has 0 unspecified atom stereocenters. The number of para-hydroxylation sites is 1. The van der Waals surface area contributed by atoms with Crippen LogP contribution in [-0.2, 0) is 0 Å². The van der Waals surface area contributed by atoms with Crippen molar-refractivity contribution in [3.8, 4) is 11.6 Å². The van der Waals surface area contributed by atoms with E-state index in [1.165, 1.54) is 12.4 Å². The molecule has 0 aliphatic rings. The first-order valence-corrected chi connectivity index (χ1v) is 7.10. The van der Waals surface area contributed by atoms with Gasteiger partial charge in [0, 0.05) is 4.88 Å². The Morgan fingerprint density at radius 1 is 1.29 bits per heavy atom. The maximum atomic E-state index is 11.3. The normalized spacial score (nSPS) is 10.8. The maximum absolute atomic E-state index is 11.3. The van der Waals surface area contributed by atoms with Crippen molar-refractivity contribution in [1.29, 1.82) is 0 Å². The van der Waals surface area contributed by atoms with E-state index in [0.717, 1.165) is 20.7 Å². The number of thiophene rings is 1. The molecule has 3 aromatic rings. The SMILES string of the molecule is Cc1cc2c(Oc3c(C)cccc3C(=O)O)ncnc2s1. The molecule has 1 N–H and O–H groups in total. The molecule has 6 heteroatoms. The zero-order chi connectivity index (χ0) is 15.0. The summed E-state index contributed by atoms with van der Waals surface area (Å²) in [4.78, 5) is 21.6. The molecule has 106 valence electrons. The summed E-state index contributed by atoms with van der Waals surface area (Å²) in [6, 6.07) is 6.95. The Morgan fingerprint density at radius 2 is 2.10 bits per heavy atom. The highest BCUT2D eigenvalue weighted by Crippen LogP contribution is 2.34. The highest BCUT2D eigenvalue weighted by atomic mass is 32.1. The van der Waals surface area contributed by atoms with Gasteiger partial charge in [-0.2, -0.15) is 0 Å². The van der Waals surface area contributed by atoms with Gasteiger partial charge in [-0.3, -0.25) is 0 Å². The molecule has 0 aliphatic heterocycles.